The summed E-state index contributed by atoms with van der Waals surface area (Å²) in [6.45, 7) is 2.81. The van der Waals surface area contributed by atoms with Gasteiger partial charge in [0.15, 0.2) is 0 Å². The van der Waals surface area contributed by atoms with E-state index in [1.807, 2.05) is 31.2 Å². The van der Waals surface area contributed by atoms with Gasteiger partial charge in [-0.25, -0.2) is 4.79 Å². The zero-order chi connectivity index (χ0) is 17.6. The molecule has 128 valence electrons. The minimum atomic E-state index is -0.393. The van der Waals surface area contributed by atoms with Crippen molar-refractivity contribution in [1.82, 2.24) is 5.32 Å². The van der Waals surface area contributed by atoms with E-state index in [4.69, 9.17) is 4.42 Å². The van der Waals surface area contributed by atoms with Crippen LogP contribution in [0.1, 0.15) is 11.1 Å². The van der Waals surface area contributed by atoms with E-state index in [9.17, 15) is 9.59 Å². The first kappa shape index (κ1) is 16.9. The lowest BCUT2D eigenvalue weighted by Gasteiger charge is -2.08. The number of rotatable bonds is 6. The molecule has 0 aliphatic carbocycles. The Bertz CT molecular complexity index is 933. The van der Waals surface area contributed by atoms with Crippen LogP contribution in [0.3, 0.4) is 0 Å². The Balaban J connectivity index is 1.54. The number of anilines is 1. The fourth-order valence-electron chi connectivity index (χ4n) is 2.69. The molecule has 0 radical (unpaired) electrons. The van der Waals surface area contributed by atoms with Crippen molar-refractivity contribution < 1.29 is 9.21 Å². The van der Waals surface area contributed by atoms with Gasteiger partial charge < -0.3 is 15.1 Å². The van der Waals surface area contributed by atoms with Crippen LogP contribution in [-0.2, 0) is 11.2 Å². The Morgan fingerprint density at radius 3 is 2.68 bits per heavy atom. The molecule has 0 atom stereocenters. The van der Waals surface area contributed by atoms with Crippen LogP contribution in [0, 0.1) is 6.92 Å². The van der Waals surface area contributed by atoms with E-state index in [0.717, 1.165) is 23.9 Å². The maximum absolute atomic E-state index is 12.0. The van der Waals surface area contributed by atoms with Crippen molar-refractivity contribution >= 4 is 22.6 Å². The molecule has 5 nitrogen and oxygen atoms in total. The average molecular weight is 336 g/mol. The van der Waals surface area contributed by atoms with Gasteiger partial charge in [0.1, 0.15) is 5.58 Å². The van der Waals surface area contributed by atoms with Crippen molar-refractivity contribution in [3.8, 4) is 0 Å². The van der Waals surface area contributed by atoms with E-state index in [0.29, 0.717) is 11.3 Å². The number of carbonyl (C=O) groups excluding carboxylic acids is 1. The van der Waals surface area contributed by atoms with Gasteiger partial charge in [0.2, 0.25) is 5.91 Å². The largest absolute Gasteiger partial charge is 0.423 e. The molecule has 0 bridgehead atoms. The van der Waals surface area contributed by atoms with Crippen LogP contribution >= 0.6 is 0 Å². The molecule has 0 aliphatic heterocycles. The lowest BCUT2D eigenvalue weighted by molar-refractivity contribution is -0.115. The van der Waals surface area contributed by atoms with Gasteiger partial charge in [-0.1, -0.05) is 30.3 Å². The normalized spacial score (nSPS) is 10.8. The van der Waals surface area contributed by atoms with Crippen LogP contribution in [0.25, 0.3) is 11.0 Å². The standard InChI is InChI=1S/C20H20N2O3/c1-14-11-20(24)25-18-12-16(7-8-17(14)18)22-19(23)13-21-10-9-15-5-3-2-4-6-15/h2-8,11-12,21H,9-10,13H2,1H3,(H,22,23). The molecule has 0 unspecified atom stereocenters. The van der Waals surface area contributed by atoms with Crippen molar-refractivity contribution in [1.29, 1.82) is 0 Å². The molecule has 25 heavy (non-hydrogen) atoms. The van der Waals surface area contributed by atoms with Crippen molar-refractivity contribution in [2.75, 3.05) is 18.4 Å². The fraction of sp³-hybridized carbons (Fsp3) is 0.200. The molecule has 5 heteroatoms. The number of fused-ring (bicyclic) bond motifs is 1. The minimum absolute atomic E-state index is 0.137. The molecule has 0 saturated heterocycles. The summed E-state index contributed by atoms with van der Waals surface area (Å²) in [5, 5.41) is 6.79. The first-order valence-electron chi connectivity index (χ1n) is 8.21. The van der Waals surface area contributed by atoms with Crippen LogP contribution in [0.5, 0.6) is 0 Å². The second kappa shape index (κ2) is 7.77. The highest BCUT2D eigenvalue weighted by molar-refractivity contribution is 5.94. The Kier molecular flexibility index (Phi) is 5.26. The van der Waals surface area contributed by atoms with Crippen molar-refractivity contribution in [3.05, 3.63) is 76.1 Å². The molecule has 1 amide bonds. The third-order valence-corrected chi connectivity index (χ3v) is 3.95. The summed E-state index contributed by atoms with van der Waals surface area (Å²) in [5.41, 5.74) is 2.77. The molecule has 3 rings (SSSR count). The lowest BCUT2D eigenvalue weighted by atomic mass is 10.1. The zero-order valence-corrected chi connectivity index (χ0v) is 14.0. The predicted octanol–water partition coefficient (Wildman–Crippen LogP) is 2.87. The van der Waals surface area contributed by atoms with E-state index >= 15 is 0 Å². The third kappa shape index (κ3) is 4.55. The van der Waals surface area contributed by atoms with E-state index < -0.39 is 5.63 Å². The smallest absolute Gasteiger partial charge is 0.336 e. The average Bonchev–Trinajstić information content (AvgIpc) is 2.59. The van der Waals surface area contributed by atoms with Crippen LogP contribution in [0.15, 0.2) is 63.8 Å². The van der Waals surface area contributed by atoms with Gasteiger partial charge in [-0.05, 0) is 43.1 Å². The summed E-state index contributed by atoms with van der Waals surface area (Å²) in [6.07, 6.45) is 0.870. The van der Waals surface area contributed by atoms with Gasteiger partial charge in [-0.2, -0.15) is 0 Å². The molecule has 2 aromatic carbocycles. The highest BCUT2D eigenvalue weighted by Gasteiger charge is 2.06. The Labute approximate surface area is 145 Å². The number of amides is 1. The van der Waals surface area contributed by atoms with E-state index in [1.165, 1.54) is 11.6 Å². The number of hydrogen-bond acceptors (Lipinski definition) is 4. The van der Waals surface area contributed by atoms with E-state index in [-0.39, 0.29) is 12.5 Å². The first-order valence-corrected chi connectivity index (χ1v) is 8.21. The summed E-state index contributed by atoms with van der Waals surface area (Å²) in [5.74, 6) is -0.137. The third-order valence-electron chi connectivity index (χ3n) is 3.95. The van der Waals surface area contributed by atoms with Gasteiger partial charge >= 0.3 is 5.63 Å². The van der Waals surface area contributed by atoms with Gasteiger partial charge in [-0.15, -0.1) is 0 Å². The van der Waals surface area contributed by atoms with Crippen LogP contribution in [-0.4, -0.2) is 19.0 Å². The summed E-state index contributed by atoms with van der Waals surface area (Å²) < 4.78 is 5.19. The summed E-state index contributed by atoms with van der Waals surface area (Å²) >= 11 is 0. The summed E-state index contributed by atoms with van der Waals surface area (Å²) in [7, 11) is 0. The molecular weight excluding hydrogens is 316 g/mol. The Morgan fingerprint density at radius 1 is 1.08 bits per heavy atom. The van der Waals surface area contributed by atoms with Crippen LogP contribution in [0.4, 0.5) is 5.69 Å². The number of nitrogens with one attached hydrogen (secondary N) is 2. The molecule has 2 N–H and O–H groups in total. The van der Waals surface area contributed by atoms with Gasteiger partial charge in [0.05, 0.1) is 6.54 Å². The number of benzene rings is 2. The second-order valence-corrected chi connectivity index (χ2v) is 5.92. The first-order chi connectivity index (χ1) is 12.1. The molecule has 0 saturated carbocycles. The van der Waals surface area contributed by atoms with E-state index in [2.05, 4.69) is 22.8 Å². The topological polar surface area (TPSA) is 71.3 Å². The van der Waals surface area contributed by atoms with Gasteiger partial charge in [0.25, 0.3) is 0 Å². The second-order valence-electron chi connectivity index (χ2n) is 5.92. The molecule has 0 aliphatic rings. The Morgan fingerprint density at radius 2 is 1.88 bits per heavy atom. The van der Waals surface area contributed by atoms with Gasteiger partial charge in [-0.3, -0.25) is 4.79 Å². The number of hydrogen-bond donors (Lipinski definition) is 2. The summed E-state index contributed by atoms with van der Waals surface area (Å²) in [4.78, 5) is 23.5. The molecule has 1 aromatic heterocycles. The maximum atomic E-state index is 12.0. The quantitative estimate of drug-likeness (QED) is 0.536. The van der Waals surface area contributed by atoms with Crippen LogP contribution < -0.4 is 16.3 Å². The molecule has 0 spiro atoms. The minimum Gasteiger partial charge on any atom is -0.423 e. The van der Waals surface area contributed by atoms with Crippen molar-refractivity contribution in [3.63, 3.8) is 0 Å². The Hall–Kier alpha value is -2.92. The highest BCUT2D eigenvalue weighted by atomic mass is 16.4. The molecular formula is C20H20N2O3. The van der Waals surface area contributed by atoms with Gasteiger partial charge in [0, 0.05) is 23.2 Å². The van der Waals surface area contributed by atoms with Crippen LogP contribution in [0.2, 0.25) is 0 Å². The number of aryl methyl sites for hydroxylation is 1. The maximum Gasteiger partial charge on any atom is 0.336 e. The SMILES string of the molecule is Cc1cc(=O)oc2cc(NC(=O)CNCCc3ccccc3)ccc12. The van der Waals surface area contributed by atoms with E-state index in [1.54, 1.807) is 12.1 Å². The monoisotopic (exact) mass is 336 g/mol. The predicted molar refractivity (Wildman–Crippen MR) is 98.9 cm³/mol. The lowest BCUT2D eigenvalue weighted by Crippen LogP contribution is -2.29. The molecule has 1 heterocycles. The van der Waals surface area contributed by atoms with Crippen molar-refractivity contribution in [2.24, 2.45) is 0 Å². The highest BCUT2D eigenvalue weighted by Crippen LogP contribution is 2.20. The fourth-order valence-corrected chi connectivity index (χ4v) is 2.69. The molecule has 0 fully saturated rings. The molecule has 3 aromatic rings. The number of carbonyl (C=O) groups is 1. The zero-order valence-electron chi connectivity index (χ0n) is 14.0. The summed E-state index contributed by atoms with van der Waals surface area (Å²) in [6, 6.07) is 16.9. The van der Waals surface area contributed by atoms with Crippen molar-refractivity contribution in [2.45, 2.75) is 13.3 Å².